The van der Waals surface area contributed by atoms with Crippen molar-refractivity contribution in [2.24, 2.45) is 5.10 Å². The monoisotopic (exact) mass is 361 g/mol. The van der Waals surface area contributed by atoms with Gasteiger partial charge in [-0.25, -0.2) is 0 Å². The molecule has 0 aliphatic carbocycles. The Morgan fingerprint density at radius 3 is 2.64 bits per heavy atom. The normalized spacial score (nSPS) is 11.0. The fourth-order valence-corrected chi connectivity index (χ4v) is 2.23. The third-order valence-electron chi connectivity index (χ3n) is 3.19. The first kappa shape index (κ1) is 18.4. The molecular weight excluding hydrogens is 346 g/mol. The molecule has 0 aliphatic rings. The van der Waals surface area contributed by atoms with E-state index in [0.29, 0.717) is 11.3 Å². The lowest BCUT2D eigenvalue weighted by atomic mass is 10.1. The average Bonchev–Trinajstić information content (AvgIpc) is 2.60. The molecule has 0 aliphatic heterocycles. The van der Waals surface area contributed by atoms with Crippen molar-refractivity contribution >= 4 is 34.7 Å². The van der Waals surface area contributed by atoms with Crippen LogP contribution < -0.4 is 5.43 Å². The summed E-state index contributed by atoms with van der Waals surface area (Å²) in [6.07, 6.45) is -0.0633. The lowest BCUT2D eigenvalue weighted by Gasteiger charge is -2.08. The molecule has 0 unspecified atom stereocenters. The second-order valence-electron chi connectivity index (χ2n) is 4.94. The van der Waals surface area contributed by atoms with Gasteiger partial charge in [-0.1, -0.05) is 41.9 Å². The fourth-order valence-electron chi connectivity index (χ4n) is 2.06. The largest absolute Gasteiger partial charge is 0.466 e. The van der Waals surface area contributed by atoms with Gasteiger partial charge in [-0.2, -0.15) is 5.10 Å². The number of hydrogen-bond donors (Lipinski definition) is 1. The van der Waals surface area contributed by atoms with Gasteiger partial charge in [-0.05, 0) is 24.6 Å². The molecule has 2 rings (SSSR count). The molecule has 130 valence electrons. The summed E-state index contributed by atoms with van der Waals surface area (Å²) < 4.78 is 4.95. The average molecular weight is 362 g/mol. The summed E-state index contributed by atoms with van der Waals surface area (Å²) in [5.41, 5.74) is 3.73. The molecule has 0 atom stereocenters. The SMILES string of the molecule is CCOC(=O)C/C(=N\Nc1ccc(Cl)cc1[N+](=O)[O-])c1ccccc1. The van der Waals surface area contributed by atoms with Crippen molar-refractivity contribution in [1.82, 2.24) is 0 Å². The summed E-state index contributed by atoms with van der Waals surface area (Å²) in [7, 11) is 0. The van der Waals surface area contributed by atoms with Gasteiger partial charge in [-0.15, -0.1) is 0 Å². The second kappa shape index (κ2) is 8.79. The number of carbonyl (C=O) groups is 1. The van der Waals surface area contributed by atoms with E-state index in [4.69, 9.17) is 16.3 Å². The van der Waals surface area contributed by atoms with Crippen LogP contribution in [-0.4, -0.2) is 23.2 Å². The zero-order chi connectivity index (χ0) is 18.2. The Morgan fingerprint density at radius 2 is 2.00 bits per heavy atom. The number of ether oxygens (including phenoxy) is 1. The number of nitro groups is 1. The van der Waals surface area contributed by atoms with E-state index in [0.717, 1.165) is 0 Å². The number of benzene rings is 2. The maximum atomic E-state index is 11.8. The Hall–Kier alpha value is -2.93. The number of carbonyl (C=O) groups excluding carboxylic acids is 1. The van der Waals surface area contributed by atoms with Crippen LogP contribution >= 0.6 is 11.6 Å². The van der Waals surface area contributed by atoms with E-state index in [2.05, 4.69) is 10.5 Å². The molecule has 8 heteroatoms. The first-order valence-electron chi connectivity index (χ1n) is 7.48. The number of hydrazone groups is 1. The highest BCUT2D eigenvalue weighted by molar-refractivity contribution is 6.30. The van der Waals surface area contributed by atoms with Gasteiger partial charge >= 0.3 is 5.97 Å². The standard InChI is InChI=1S/C17H16ClN3O4/c1-2-25-17(22)11-15(12-6-4-3-5-7-12)20-19-14-9-8-13(18)10-16(14)21(23)24/h3-10,19H,2,11H2,1H3/b20-15+. The van der Waals surface area contributed by atoms with E-state index in [1.165, 1.54) is 18.2 Å². The molecule has 0 aromatic heterocycles. The number of anilines is 1. The smallest absolute Gasteiger partial charge is 0.311 e. The molecule has 7 nitrogen and oxygen atoms in total. The number of esters is 1. The lowest BCUT2D eigenvalue weighted by molar-refractivity contribution is -0.383. The Bertz CT molecular complexity index is 794. The van der Waals surface area contributed by atoms with E-state index in [1.807, 2.05) is 6.07 Å². The van der Waals surface area contributed by atoms with E-state index in [9.17, 15) is 14.9 Å². The highest BCUT2D eigenvalue weighted by atomic mass is 35.5. The third-order valence-corrected chi connectivity index (χ3v) is 3.43. The van der Waals surface area contributed by atoms with Gasteiger partial charge in [-0.3, -0.25) is 20.3 Å². The Labute approximate surface area is 149 Å². The van der Waals surface area contributed by atoms with E-state index in [-0.39, 0.29) is 29.4 Å². The predicted molar refractivity (Wildman–Crippen MR) is 96.0 cm³/mol. The number of nitrogens with one attached hydrogen (secondary N) is 1. The minimum atomic E-state index is -0.558. The maximum absolute atomic E-state index is 11.8. The molecule has 2 aromatic carbocycles. The summed E-state index contributed by atoms with van der Waals surface area (Å²) in [5, 5.41) is 15.6. The van der Waals surface area contributed by atoms with Crippen LogP contribution in [0.4, 0.5) is 11.4 Å². The molecule has 0 spiro atoms. The van der Waals surface area contributed by atoms with Gasteiger partial charge < -0.3 is 4.74 Å². The molecule has 0 radical (unpaired) electrons. The van der Waals surface area contributed by atoms with Crippen LogP contribution in [0.3, 0.4) is 0 Å². The Kier molecular flexibility index (Phi) is 6.47. The van der Waals surface area contributed by atoms with Crippen molar-refractivity contribution < 1.29 is 14.5 Å². The minimum Gasteiger partial charge on any atom is -0.466 e. The van der Waals surface area contributed by atoms with E-state index < -0.39 is 10.9 Å². The zero-order valence-electron chi connectivity index (χ0n) is 13.4. The topological polar surface area (TPSA) is 93.8 Å². The minimum absolute atomic E-state index is 0.0633. The number of nitro benzene ring substituents is 1. The van der Waals surface area contributed by atoms with Crippen molar-refractivity contribution in [3.05, 3.63) is 69.2 Å². The van der Waals surface area contributed by atoms with Crippen LogP contribution in [0.1, 0.15) is 18.9 Å². The van der Waals surface area contributed by atoms with Gasteiger partial charge in [0.15, 0.2) is 0 Å². The van der Waals surface area contributed by atoms with Crippen LogP contribution in [0.5, 0.6) is 0 Å². The number of halogens is 1. The van der Waals surface area contributed by atoms with Crippen LogP contribution in [0.2, 0.25) is 5.02 Å². The summed E-state index contributed by atoms with van der Waals surface area (Å²) in [6, 6.07) is 13.2. The quantitative estimate of drug-likeness (QED) is 0.348. The summed E-state index contributed by atoms with van der Waals surface area (Å²) in [4.78, 5) is 22.4. The second-order valence-corrected chi connectivity index (χ2v) is 5.37. The van der Waals surface area contributed by atoms with Gasteiger partial charge in [0.05, 0.1) is 23.7 Å². The first-order valence-corrected chi connectivity index (χ1v) is 7.86. The summed E-state index contributed by atoms with van der Waals surface area (Å²) >= 11 is 5.79. The van der Waals surface area contributed by atoms with Crippen molar-refractivity contribution in [2.45, 2.75) is 13.3 Å². The maximum Gasteiger partial charge on any atom is 0.311 e. The number of hydrogen-bond acceptors (Lipinski definition) is 6. The lowest BCUT2D eigenvalue weighted by Crippen LogP contribution is -2.14. The van der Waals surface area contributed by atoms with Crippen LogP contribution in [0.25, 0.3) is 0 Å². The molecule has 0 fully saturated rings. The van der Waals surface area contributed by atoms with Crippen molar-refractivity contribution in [2.75, 3.05) is 12.0 Å². The molecule has 0 heterocycles. The molecule has 1 N–H and O–H groups in total. The third kappa shape index (κ3) is 5.29. The molecule has 0 saturated carbocycles. The fraction of sp³-hybridized carbons (Fsp3) is 0.176. The van der Waals surface area contributed by atoms with Crippen LogP contribution in [0.15, 0.2) is 53.6 Å². The zero-order valence-corrected chi connectivity index (χ0v) is 14.2. The molecule has 0 amide bonds. The van der Waals surface area contributed by atoms with Gasteiger partial charge in [0.25, 0.3) is 5.69 Å². The van der Waals surface area contributed by atoms with Crippen molar-refractivity contribution in [3.63, 3.8) is 0 Å². The van der Waals surface area contributed by atoms with Crippen LogP contribution in [0, 0.1) is 10.1 Å². The van der Waals surface area contributed by atoms with Crippen molar-refractivity contribution in [1.29, 1.82) is 0 Å². The Morgan fingerprint density at radius 1 is 1.28 bits per heavy atom. The van der Waals surface area contributed by atoms with E-state index >= 15 is 0 Å². The van der Waals surface area contributed by atoms with Gasteiger partial charge in [0.1, 0.15) is 5.69 Å². The molecule has 0 saturated heterocycles. The van der Waals surface area contributed by atoms with Gasteiger partial charge in [0, 0.05) is 11.1 Å². The summed E-state index contributed by atoms with van der Waals surface area (Å²) in [6.45, 7) is 1.98. The number of rotatable bonds is 7. The molecule has 0 bridgehead atoms. The Balaban J connectivity index is 2.32. The van der Waals surface area contributed by atoms with Gasteiger partial charge in [0.2, 0.25) is 0 Å². The van der Waals surface area contributed by atoms with E-state index in [1.54, 1.807) is 31.2 Å². The molecule has 25 heavy (non-hydrogen) atoms. The molecular formula is C17H16ClN3O4. The van der Waals surface area contributed by atoms with Crippen LogP contribution in [-0.2, 0) is 9.53 Å². The number of nitrogens with zero attached hydrogens (tertiary/aromatic N) is 2. The first-order chi connectivity index (χ1) is 12.0. The predicted octanol–water partition coefficient (Wildman–Crippen LogP) is 4.02. The van der Waals surface area contributed by atoms with Crippen molar-refractivity contribution in [3.8, 4) is 0 Å². The molecule has 2 aromatic rings. The highest BCUT2D eigenvalue weighted by Gasteiger charge is 2.15. The highest BCUT2D eigenvalue weighted by Crippen LogP contribution is 2.27. The summed E-state index contributed by atoms with van der Waals surface area (Å²) in [5.74, 6) is -0.433.